The second-order valence-electron chi connectivity index (χ2n) is 6.95. The van der Waals surface area contributed by atoms with Gasteiger partial charge in [0.05, 0.1) is 0 Å². The quantitative estimate of drug-likeness (QED) is 0.707. The molecule has 7 atom stereocenters. The highest BCUT2D eigenvalue weighted by molar-refractivity contribution is 5.99. The average molecular weight is 263 g/mol. The van der Waals surface area contributed by atoms with Crippen LogP contribution in [0.4, 0.5) is 0 Å². The van der Waals surface area contributed by atoms with Crippen LogP contribution in [0.1, 0.15) is 38.5 Å². The van der Waals surface area contributed by atoms with Crippen LogP contribution in [0.2, 0.25) is 0 Å². The third-order valence-corrected chi connectivity index (χ3v) is 6.37. The van der Waals surface area contributed by atoms with Crippen molar-refractivity contribution in [2.75, 3.05) is 0 Å². The molecule has 4 rings (SSSR count). The Labute approximate surface area is 112 Å². The van der Waals surface area contributed by atoms with Crippen molar-refractivity contribution < 1.29 is 14.7 Å². The van der Waals surface area contributed by atoms with Gasteiger partial charge in [-0.3, -0.25) is 9.59 Å². The van der Waals surface area contributed by atoms with Crippen molar-refractivity contribution in [1.29, 1.82) is 0 Å². The number of amides is 1. The summed E-state index contributed by atoms with van der Waals surface area (Å²) in [5, 5.41) is 12.4. The fourth-order valence-corrected chi connectivity index (χ4v) is 5.95. The second-order valence-corrected chi connectivity index (χ2v) is 6.95. The zero-order valence-corrected chi connectivity index (χ0v) is 11.0. The number of carbonyl (C=O) groups excluding carboxylic acids is 1. The maximum Gasteiger partial charge on any atom is 0.316 e. The molecular weight excluding hydrogens is 242 g/mol. The van der Waals surface area contributed by atoms with Gasteiger partial charge >= 0.3 is 5.97 Å². The van der Waals surface area contributed by atoms with Gasteiger partial charge in [0.25, 0.3) is 0 Å². The Bertz CT molecular complexity index is 433. The minimum atomic E-state index is -0.911. The molecule has 1 saturated heterocycles. The number of fused-ring (bicyclic) bond motifs is 3. The van der Waals surface area contributed by atoms with E-state index in [0.717, 1.165) is 12.3 Å². The number of carbonyl (C=O) groups is 2. The van der Waals surface area contributed by atoms with Crippen LogP contribution in [0.15, 0.2) is 0 Å². The predicted octanol–water partition coefficient (Wildman–Crippen LogP) is 1.65. The number of hydrogen-bond donors (Lipinski definition) is 2. The number of rotatable bonds is 1. The van der Waals surface area contributed by atoms with Crippen molar-refractivity contribution in [3.8, 4) is 0 Å². The minimum Gasteiger partial charge on any atom is -0.481 e. The monoisotopic (exact) mass is 263 g/mol. The molecule has 4 heteroatoms. The van der Waals surface area contributed by atoms with E-state index < -0.39 is 11.9 Å². The highest BCUT2D eigenvalue weighted by atomic mass is 16.4. The fourth-order valence-electron chi connectivity index (χ4n) is 5.95. The van der Waals surface area contributed by atoms with Crippen molar-refractivity contribution >= 4 is 11.9 Å². The van der Waals surface area contributed by atoms with E-state index in [1.165, 1.54) is 32.1 Å². The fraction of sp³-hybridized carbons (Fsp3) is 0.867. The Hall–Kier alpha value is -1.06. The second kappa shape index (κ2) is 3.97. The number of nitrogens with one attached hydrogen (secondary N) is 1. The molecule has 3 saturated carbocycles. The zero-order chi connectivity index (χ0) is 13.1. The lowest BCUT2D eigenvalue weighted by atomic mass is 9.63. The van der Waals surface area contributed by atoms with Crippen LogP contribution >= 0.6 is 0 Å². The molecule has 0 radical (unpaired) electrons. The normalized spacial score (nSPS) is 51.4. The Morgan fingerprint density at radius 1 is 1.05 bits per heavy atom. The molecule has 0 aromatic heterocycles. The summed E-state index contributed by atoms with van der Waals surface area (Å²) in [7, 11) is 0. The summed E-state index contributed by atoms with van der Waals surface area (Å²) in [6.07, 6.45) is 7.45. The summed E-state index contributed by atoms with van der Waals surface area (Å²) in [4.78, 5) is 23.4. The van der Waals surface area contributed by atoms with Gasteiger partial charge in [0.15, 0.2) is 0 Å². The summed E-state index contributed by atoms with van der Waals surface area (Å²) in [5.74, 6) is 0.686. The molecule has 0 bridgehead atoms. The van der Waals surface area contributed by atoms with Crippen LogP contribution in [-0.2, 0) is 9.59 Å². The van der Waals surface area contributed by atoms with Crippen LogP contribution < -0.4 is 5.32 Å². The first-order valence-corrected chi connectivity index (χ1v) is 7.71. The summed E-state index contributed by atoms with van der Waals surface area (Å²) in [6.45, 7) is 0. The number of aliphatic carboxylic acids is 1. The third-order valence-electron chi connectivity index (χ3n) is 6.37. The molecule has 7 unspecified atom stereocenters. The van der Waals surface area contributed by atoms with Gasteiger partial charge < -0.3 is 10.4 Å². The lowest BCUT2D eigenvalue weighted by Crippen LogP contribution is -2.40. The van der Waals surface area contributed by atoms with Gasteiger partial charge in [-0.2, -0.15) is 0 Å². The number of hydrogen-bond acceptors (Lipinski definition) is 2. The van der Waals surface area contributed by atoms with E-state index in [1.807, 2.05) is 0 Å². The summed E-state index contributed by atoms with van der Waals surface area (Å²) in [5.41, 5.74) is 0. The summed E-state index contributed by atoms with van der Waals surface area (Å²) >= 11 is 0. The van der Waals surface area contributed by atoms with Crippen LogP contribution in [0.5, 0.6) is 0 Å². The van der Waals surface area contributed by atoms with Crippen LogP contribution in [0.25, 0.3) is 0 Å². The molecular formula is C15H21NO3. The lowest BCUT2D eigenvalue weighted by molar-refractivity contribution is -0.147. The number of carboxylic acid groups (broad SMARTS) is 1. The maximum absolute atomic E-state index is 12.0. The smallest absolute Gasteiger partial charge is 0.316 e. The molecule has 1 heterocycles. The molecule has 2 N–H and O–H groups in total. The van der Waals surface area contributed by atoms with Gasteiger partial charge in [-0.1, -0.05) is 25.7 Å². The van der Waals surface area contributed by atoms with Gasteiger partial charge in [0.1, 0.15) is 5.92 Å². The van der Waals surface area contributed by atoms with Crippen LogP contribution in [-0.4, -0.2) is 23.0 Å². The average Bonchev–Trinajstić information content (AvgIpc) is 2.87. The Kier molecular flexibility index (Phi) is 2.45. The van der Waals surface area contributed by atoms with E-state index in [-0.39, 0.29) is 17.9 Å². The van der Waals surface area contributed by atoms with Crippen molar-refractivity contribution in [3.05, 3.63) is 0 Å². The van der Waals surface area contributed by atoms with E-state index in [1.54, 1.807) is 0 Å². The Morgan fingerprint density at radius 3 is 2.42 bits per heavy atom. The van der Waals surface area contributed by atoms with Crippen molar-refractivity contribution in [2.24, 2.45) is 35.5 Å². The molecule has 1 aliphatic heterocycles. The van der Waals surface area contributed by atoms with E-state index in [4.69, 9.17) is 0 Å². The third kappa shape index (κ3) is 1.46. The molecule has 3 aliphatic carbocycles. The zero-order valence-electron chi connectivity index (χ0n) is 11.0. The molecule has 1 amide bonds. The Morgan fingerprint density at radius 2 is 1.74 bits per heavy atom. The molecule has 4 nitrogen and oxygen atoms in total. The van der Waals surface area contributed by atoms with Crippen LogP contribution in [0, 0.1) is 35.5 Å². The van der Waals surface area contributed by atoms with Gasteiger partial charge in [-0.15, -0.1) is 0 Å². The molecule has 4 aliphatic rings. The van der Waals surface area contributed by atoms with E-state index in [2.05, 4.69) is 5.32 Å². The molecule has 19 heavy (non-hydrogen) atoms. The number of carboxylic acids is 1. The standard InChI is InChI=1S/C15H21NO3/c17-14-12(15(18)19)11-8-5-1-3-7-4-2-6-9(10(7)8)13(11)16-14/h7-13H,1-6H2,(H,16,17)(H,18,19). The highest BCUT2D eigenvalue weighted by Gasteiger charge is 2.62. The maximum atomic E-state index is 12.0. The topological polar surface area (TPSA) is 66.4 Å². The first-order chi connectivity index (χ1) is 9.18. The molecule has 0 aromatic carbocycles. The van der Waals surface area contributed by atoms with Gasteiger partial charge in [-0.25, -0.2) is 0 Å². The first-order valence-electron chi connectivity index (χ1n) is 7.71. The van der Waals surface area contributed by atoms with Gasteiger partial charge in [0, 0.05) is 12.0 Å². The summed E-state index contributed by atoms with van der Waals surface area (Å²) in [6, 6.07) is 0.157. The Balaban J connectivity index is 1.73. The van der Waals surface area contributed by atoms with Gasteiger partial charge in [-0.05, 0) is 36.5 Å². The van der Waals surface area contributed by atoms with E-state index in [9.17, 15) is 14.7 Å². The van der Waals surface area contributed by atoms with Crippen LogP contribution in [0.3, 0.4) is 0 Å². The van der Waals surface area contributed by atoms with Crippen molar-refractivity contribution in [3.63, 3.8) is 0 Å². The first kappa shape index (κ1) is 11.7. The highest BCUT2D eigenvalue weighted by Crippen LogP contribution is 2.59. The SMILES string of the molecule is O=C(O)C1C(=O)NC2C3CCCC4CCCC(C43)C12. The molecule has 4 fully saturated rings. The van der Waals surface area contributed by atoms with E-state index in [0.29, 0.717) is 17.8 Å². The summed E-state index contributed by atoms with van der Waals surface area (Å²) < 4.78 is 0. The van der Waals surface area contributed by atoms with Gasteiger partial charge in [0.2, 0.25) is 5.91 Å². The molecule has 104 valence electrons. The van der Waals surface area contributed by atoms with E-state index >= 15 is 0 Å². The molecule has 0 spiro atoms. The predicted molar refractivity (Wildman–Crippen MR) is 68.2 cm³/mol. The minimum absolute atomic E-state index is 0.0703. The van der Waals surface area contributed by atoms with Crippen molar-refractivity contribution in [1.82, 2.24) is 5.32 Å². The lowest BCUT2D eigenvalue weighted by Gasteiger charge is -2.42. The molecule has 0 aromatic rings. The largest absolute Gasteiger partial charge is 0.481 e. The van der Waals surface area contributed by atoms with Crippen molar-refractivity contribution in [2.45, 2.75) is 44.6 Å².